The van der Waals surface area contributed by atoms with Crippen LogP contribution in [0.1, 0.15) is 16.1 Å². The van der Waals surface area contributed by atoms with Crippen molar-refractivity contribution in [3.63, 3.8) is 0 Å². The maximum atomic E-state index is 12.9. The summed E-state index contributed by atoms with van der Waals surface area (Å²) in [6.07, 6.45) is 1.73. The normalized spacial score (nSPS) is 11.0. The number of fused-ring (bicyclic) bond motifs is 1. The maximum Gasteiger partial charge on any atom is 0.261 e. The van der Waals surface area contributed by atoms with E-state index in [1.807, 2.05) is 41.9 Å². The van der Waals surface area contributed by atoms with Crippen LogP contribution in [-0.2, 0) is 7.05 Å². The summed E-state index contributed by atoms with van der Waals surface area (Å²) in [5.41, 5.74) is 3.89. The molecule has 26 heavy (non-hydrogen) atoms. The van der Waals surface area contributed by atoms with E-state index < -0.39 is 0 Å². The molecule has 6 nitrogen and oxygen atoms in total. The third-order valence-corrected chi connectivity index (χ3v) is 4.53. The molecular weight excluding hydrogens is 352 g/mol. The first-order valence-corrected chi connectivity index (χ1v) is 8.36. The maximum absolute atomic E-state index is 12.9. The Morgan fingerprint density at radius 2 is 2.04 bits per heavy atom. The molecule has 0 saturated carbocycles. The quantitative estimate of drug-likeness (QED) is 0.581. The molecule has 0 aliphatic carbocycles. The van der Waals surface area contributed by atoms with Gasteiger partial charge in [-0.3, -0.25) is 4.79 Å². The molecule has 2 aromatic carbocycles. The Kier molecular flexibility index (Phi) is 3.97. The van der Waals surface area contributed by atoms with E-state index in [0.29, 0.717) is 33.3 Å². The van der Waals surface area contributed by atoms with Crippen LogP contribution in [0, 0.1) is 6.92 Å². The number of halogens is 1. The first-order valence-electron chi connectivity index (χ1n) is 7.98. The number of hydrogen-bond donors (Lipinski definition) is 1. The molecule has 0 spiro atoms. The summed E-state index contributed by atoms with van der Waals surface area (Å²) >= 11 is 6.25. The van der Waals surface area contributed by atoms with Gasteiger partial charge in [0.15, 0.2) is 0 Å². The first kappa shape index (κ1) is 16.4. The average molecular weight is 367 g/mol. The Labute approximate surface area is 154 Å². The Bertz CT molecular complexity index is 1130. The highest BCUT2D eigenvalue weighted by Crippen LogP contribution is 2.31. The van der Waals surface area contributed by atoms with Gasteiger partial charge in [-0.1, -0.05) is 35.0 Å². The summed E-state index contributed by atoms with van der Waals surface area (Å²) < 4.78 is 7.15. The van der Waals surface area contributed by atoms with Crippen molar-refractivity contribution in [1.29, 1.82) is 0 Å². The van der Waals surface area contributed by atoms with Gasteiger partial charge in [0.2, 0.25) is 0 Å². The van der Waals surface area contributed by atoms with Crippen molar-refractivity contribution >= 4 is 34.2 Å². The number of hydrogen-bond acceptors (Lipinski definition) is 4. The molecule has 1 N–H and O–H groups in total. The summed E-state index contributed by atoms with van der Waals surface area (Å²) in [5, 5.41) is 7.44. The number of nitrogens with one attached hydrogen (secondary N) is 1. The molecule has 0 radical (unpaired) electrons. The van der Waals surface area contributed by atoms with Crippen LogP contribution in [-0.4, -0.2) is 20.6 Å². The molecule has 0 bridgehead atoms. The van der Waals surface area contributed by atoms with Crippen LogP contribution < -0.4 is 5.32 Å². The number of carbonyl (C=O) groups is 1. The zero-order valence-electron chi connectivity index (χ0n) is 14.2. The molecule has 0 atom stereocenters. The zero-order chi connectivity index (χ0) is 18.3. The van der Waals surface area contributed by atoms with Crippen LogP contribution in [0.5, 0.6) is 0 Å². The van der Waals surface area contributed by atoms with E-state index in [9.17, 15) is 4.79 Å². The van der Waals surface area contributed by atoms with Crippen LogP contribution in [0.4, 0.5) is 5.69 Å². The molecule has 0 fully saturated rings. The molecule has 130 valence electrons. The van der Waals surface area contributed by atoms with Crippen molar-refractivity contribution in [2.75, 3.05) is 5.32 Å². The average Bonchev–Trinajstić information content (AvgIpc) is 3.19. The number of carbonyl (C=O) groups excluding carboxylic acids is 1. The van der Waals surface area contributed by atoms with Gasteiger partial charge in [0.05, 0.1) is 22.4 Å². The van der Waals surface area contributed by atoms with E-state index in [0.717, 1.165) is 11.0 Å². The van der Waals surface area contributed by atoms with Crippen molar-refractivity contribution in [2.24, 2.45) is 7.05 Å². The SMILES string of the molecule is Cc1onc(-c2ccccc2Cl)c1C(=O)Nc1ccc2ncn(C)c2c1. The van der Waals surface area contributed by atoms with E-state index in [4.69, 9.17) is 16.1 Å². The zero-order valence-corrected chi connectivity index (χ0v) is 14.9. The minimum atomic E-state index is -0.305. The fraction of sp³-hybridized carbons (Fsp3) is 0.105. The molecule has 0 aliphatic rings. The van der Waals surface area contributed by atoms with Gasteiger partial charge in [0, 0.05) is 18.3 Å². The molecular formula is C19H15ClN4O2. The third-order valence-electron chi connectivity index (χ3n) is 4.20. The number of nitrogens with zero attached hydrogens (tertiary/aromatic N) is 3. The number of aryl methyl sites for hydroxylation is 2. The Morgan fingerprint density at radius 1 is 1.23 bits per heavy atom. The first-order chi connectivity index (χ1) is 12.5. The van der Waals surface area contributed by atoms with Gasteiger partial charge >= 0.3 is 0 Å². The molecule has 7 heteroatoms. The van der Waals surface area contributed by atoms with Crippen molar-refractivity contribution in [1.82, 2.24) is 14.7 Å². The monoisotopic (exact) mass is 366 g/mol. The topological polar surface area (TPSA) is 73.0 Å². The fourth-order valence-electron chi connectivity index (χ4n) is 2.87. The Morgan fingerprint density at radius 3 is 2.85 bits per heavy atom. The molecule has 0 aliphatic heterocycles. The van der Waals surface area contributed by atoms with E-state index in [1.54, 1.807) is 25.4 Å². The highest BCUT2D eigenvalue weighted by atomic mass is 35.5. The van der Waals surface area contributed by atoms with Gasteiger partial charge in [-0.25, -0.2) is 4.98 Å². The second-order valence-corrected chi connectivity index (χ2v) is 6.36. The lowest BCUT2D eigenvalue weighted by atomic mass is 10.1. The summed E-state index contributed by atoms with van der Waals surface area (Å²) in [4.78, 5) is 17.2. The van der Waals surface area contributed by atoms with E-state index >= 15 is 0 Å². The van der Waals surface area contributed by atoms with Gasteiger partial charge in [0.25, 0.3) is 5.91 Å². The number of aromatic nitrogens is 3. The largest absolute Gasteiger partial charge is 0.360 e. The Hall–Kier alpha value is -3.12. The van der Waals surface area contributed by atoms with E-state index in [1.165, 1.54) is 0 Å². The number of anilines is 1. The van der Waals surface area contributed by atoms with E-state index in [2.05, 4.69) is 15.5 Å². The lowest BCUT2D eigenvalue weighted by Gasteiger charge is -2.07. The Balaban J connectivity index is 1.71. The van der Waals surface area contributed by atoms with Crippen LogP contribution >= 0.6 is 11.6 Å². The summed E-state index contributed by atoms with van der Waals surface area (Å²) in [6, 6.07) is 12.8. The minimum absolute atomic E-state index is 0.305. The lowest BCUT2D eigenvalue weighted by Crippen LogP contribution is -2.13. The van der Waals surface area contributed by atoms with Crippen molar-refractivity contribution < 1.29 is 9.32 Å². The standard InChI is InChI=1S/C19H15ClN4O2/c1-11-17(18(23-26-11)13-5-3-4-6-14(13)20)19(25)22-12-7-8-15-16(9-12)24(2)10-21-15/h3-10H,1-2H3,(H,22,25). The second kappa shape index (κ2) is 6.31. The van der Waals surface area contributed by atoms with Crippen LogP contribution in [0.3, 0.4) is 0 Å². The minimum Gasteiger partial charge on any atom is -0.360 e. The van der Waals surface area contributed by atoms with Crippen LogP contribution in [0.2, 0.25) is 5.02 Å². The van der Waals surface area contributed by atoms with Crippen molar-refractivity contribution in [3.05, 3.63) is 65.1 Å². The lowest BCUT2D eigenvalue weighted by molar-refractivity contribution is 0.102. The number of benzene rings is 2. The number of rotatable bonds is 3. The molecule has 2 heterocycles. The smallest absolute Gasteiger partial charge is 0.261 e. The van der Waals surface area contributed by atoms with Crippen LogP contribution in [0.25, 0.3) is 22.3 Å². The van der Waals surface area contributed by atoms with Gasteiger partial charge in [-0.05, 0) is 31.2 Å². The molecule has 0 unspecified atom stereocenters. The molecule has 4 aromatic rings. The summed E-state index contributed by atoms with van der Waals surface area (Å²) in [5.74, 6) is 0.124. The second-order valence-electron chi connectivity index (χ2n) is 5.96. The fourth-order valence-corrected chi connectivity index (χ4v) is 3.10. The molecule has 1 amide bonds. The van der Waals surface area contributed by atoms with Gasteiger partial charge in [0.1, 0.15) is 17.0 Å². The summed E-state index contributed by atoms with van der Waals surface area (Å²) in [7, 11) is 1.90. The highest BCUT2D eigenvalue weighted by Gasteiger charge is 2.23. The predicted octanol–water partition coefficient (Wildman–Crippen LogP) is 4.44. The third kappa shape index (κ3) is 2.74. The number of imidazole rings is 1. The van der Waals surface area contributed by atoms with Gasteiger partial charge < -0.3 is 14.4 Å². The molecule has 0 saturated heterocycles. The van der Waals surface area contributed by atoms with E-state index in [-0.39, 0.29) is 5.91 Å². The van der Waals surface area contributed by atoms with Crippen molar-refractivity contribution in [3.8, 4) is 11.3 Å². The van der Waals surface area contributed by atoms with Crippen molar-refractivity contribution in [2.45, 2.75) is 6.92 Å². The number of amides is 1. The molecule has 2 aromatic heterocycles. The predicted molar refractivity (Wildman–Crippen MR) is 100 cm³/mol. The summed E-state index contributed by atoms with van der Waals surface area (Å²) in [6.45, 7) is 1.70. The molecule has 4 rings (SSSR count). The van der Waals surface area contributed by atoms with Crippen LogP contribution in [0.15, 0.2) is 53.3 Å². The van der Waals surface area contributed by atoms with Gasteiger partial charge in [-0.2, -0.15) is 0 Å². The van der Waals surface area contributed by atoms with Gasteiger partial charge in [-0.15, -0.1) is 0 Å². The highest BCUT2D eigenvalue weighted by molar-refractivity contribution is 6.33.